The maximum atomic E-state index is 11.9. The highest BCUT2D eigenvalue weighted by Gasteiger charge is 2.27. The van der Waals surface area contributed by atoms with Gasteiger partial charge in [-0.05, 0) is 20.3 Å². The number of nitrogens with two attached hydrogens (primary N) is 1. The van der Waals surface area contributed by atoms with Gasteiger partial charge in [0.05, 0.1) is 12.1 Å². The van der Waals surface area contributed by atoms with Crippen molar-refractivity contribution in [2.24, 2.45) is 0 Å². The Labute approximate surface area is 111 Å². The van der Waals surface area contributed by atoms with Gasteiger partial charge < -0.3 is 15.7 Å². The Hall–Kier alpha value is -1.76. The van der Waals surface area contributed by atoms with Crippen molar-refractivity contribution in [1.29, 1.82) is 0 Å². The summed E-state index contributed by atoms with van der Waals surface area (Å²) in [5, 5.41) is 9.37. The van der Waals surface area contributed by atoms with Crippen LogP contribution in [0.3, 0.4) is 0 Å². The second kappa shape index (κ2) is 5.48. The van der Waals surface area contributed by atoms with E-state index in [0.29, 0.717) is 6.54 Å². The molecule has 0 atom stereocenters. The van der Waals surface area contributed by atoms with Crippen LogP contribution in [0.2, 0.25) is 0 Å². The minimum atomic E-state index is -0.657. The van der Waals surface area contributed by atoms with Crippen LogP contribution in [0.25, 0.3) is 0 Å². The zero-order valence-electron chi connectivity index (χ0n) is 11.9. The van der Waals surface area contributed by atoms with Gasteiger partial charge in [0.1, 0.15) is 11.5 Å². The van der Waals surface area contributed by atoms with Gasteiger partial charge in [-0.2, -0.15) is 0 Å². The summed E-state index contributed by atoms with van der Waals surface area (Å²) in [5.41, 5.74) is 4.43. The number of aromatic nitrogens is 2. The number of aromatic amines is 1. The molecule has 0 aliphatic carbocycles. The number of nitrogens with zero attached hydrogens (tertiary/aromatic N) is 2. The van der Waals surface area contributed by atoms with Crippen LogP contribution in [0, 0.1) is 0 Å². The van der Waals surface area contributed by atoms with Gasteiger partial charge in [-0.3, -0.25) is 14.3 Å². The van der Waals surface area contributed by atoms with Gasteiger partial charge in [-0.15, -0.1) is 0 Å². The highest BCUT2D eigenvalue weighted by atomic mass is 16.3. The fourth-order valence-electron chi connectivity index (χ4n) is 1.76. The van der Waals surface area contributed by atoms with Gasteiger partial charge >= 0.3 is 5.69 Å². The summed E-state index contributed by atoms with van der Waals surface area (Å²) >= 11 is 0. The lowest BCUT2D eigenvalue weighted by Crippen LogP contribution is -2.48. The SMILES string of the molecule is CCCn1c(N)c(N(C)C(C)(C)CO)c(=O)[nH]c1=O. The van der Waals surface area contributed by atoms with Crippen molar-refractivity contribution in [2.75, 3.05) is 24.3 Å². The van der Waals surface area contributed by atoms with E-state index in [9.17, 15) is 14.7 Å². The van der Waals surface area contributed by atoms with E-state index in [4.69, 9.17) is 5.73 Å². The molecule has 7 nitrogen and oxygen atoms in total. The van der Waals surface area contributed by atoms with E-state index in [2.05, 4.69) is 4.98 Å². The van der Waals surface area contributed by atoms with E-state index in [0.717, 1.165) is 6.42 Å². The maximum absolute atomic E-state index is 11.9. The minimum Gasteiger partial charge on any atom is -0.394 e. The first-order chi connectivity index (χ1) is 8.76. The minimum absolute atomic E-state index is 0.125. The number of nitrogens with one attached hydrogen (secondary N) is 1. The summed E-state index contributed by atoms with van der Waals surface area (Å²) in [7, 11) is 1.66. The molecule has 0 aliphatic heterocycles. The second-order valence-corrected chi connectivity index (χ2v) is 5.17. The van der Waals surface area contributed by atoms with E-state index < -0.39 is 16.8 Å². The van der Waals surface area contributed by atoms with Crippen molar-refractivity contribution in [2.45, 2.75) is 39.3 Å². The third kappa shape index (κ3) is 2.81. The van der Waals surface area contributed by atoms with E-state index in [1.165, 1.54) is 4.57 Å². The van der Waals surface area contributed by atoms with Crippen molar-refractivity contribution < 1.29 is 5.11 Å². The largest absolute Gasteiger partial charge is 0.394 e. The summed E-state index contributed by atoms with van der Waals surface area (Å²) in [6, 6.07) is 0. The number of rotatable bonds is 5. The number of aliphatic hydroxyl groups is 1. The molecule has 1 aromatic rings. The molecule has 0 aromatic carbocycles. The lowest BCUT2D eigenvalue weighted by atomic mass is 10.0. The van der Waals surface area contributed by atoms with Crippen molar-refractivity contribution in [3.63, 3.8) is 0 Å². The molecule has 0 spiro atoms. The van der Waals surface area contributed by atoms with Crippen LogP contribution in [0.15, 0.2) is 9.59 Å². The summed E-state index contributed by atoms with van der Waals surface area (Å²) in [6.45, 7) is 5.76. The predicted molar refractivity (Wildman–Crippen MR) is 75.6 cm³/mol. The zero-order chi connectivity index (χ0) is 14.8. The smallest absolute Gasteiger partial charge is 0.330 e. The Morgan fingerprint density at radius 3 is 2.47 bits per heavy atom. The van der Waals surface area contributed by atoms with Crippen molar-refractivity contribution in [3.05, 3.63) is 20.8 Å². The quantitative estimate of drug-likeness (QED) is 0.683. The lowest BCUT2D eigenvalue weighted by molar-refractivity contribution is 0.216. The van der Waals surface area contributed by atoms with Gasteiger partial charge in [0.25, 0.3) is 5.56 Å². The Kier molecular flexibility index (Phi) is 4.41. The number of hydrogen-bond acceptors (Lipinski definition) is 5. The molecule has 1 heterocycles. The summed E-state index contributed by atoms with van der Waals surface area (Å²) in [6.07, 6.45) is 0.725. The molecule has 7 heteroatoms. The number of hydrogen-bond donors (Lipinski definition) is 3. The third-order valence-corrected chi connectivity index (χ3v) is 3.29. The molecular weight excluding hydrogens is 248 g/mol. The molecule has 0 bridgehead atoms. The number of H-pyrrole nitrogens is 1. The van der Waals surface area contributed by atoms with Crippen LogP contribution in [-0.2, 0) is 6.54 Å². The van der Waals surface area contributed by atoms with Gasteiger partial charge in [0.2, 0.25) is 0 Å². The molecule has 1 aromatic heterocycles. The first-order valence-electron chi connectivity index (χ1n) is 6.23. The van der Waals surface area contributed by atoms with E-state index >= 15 is 0 Å². The summed E-state index contributed by atoms with van der Waals surface area (Å²) < 4.78 is 1.33. The molecule has 0 saturated heterocycles. The average Bonchev–Trinajstić information content (AvgIpc) is 2.34. The van der Waals surface area contributed by atoms with Crippen molar-refractivity contribution >= 4 is 11.5 Å². The van der Waals surface area contributed by atoms with Gasteiger partial charge in [-0.25, -0.2) is 4.79 Å². The molecule has 4 N–H and O–H groups in total. The molecular formula is C12H22N4O3. The molecule has 0 fully saturated rings. The Morgan fingerprint density at radius 2 is 2.00 bits per heavy atom. The Bertz CT molecular complexity index is 559. The topological polar surface area (TPSA) is 104 Å². The van der Waals surface area contributed by atoms with Crippen LogP contribution in [-0.4, -0.2) is 33.9 Å². The van der Waals surface area contributed by atoms with Crippen molar-refractivity contribution in [1.82, 2.24) is 9.55 Å². The summed E-state index contributed by atoms with van der Waals surface area (Å²) in [5.74, 6) is 0.125. The van der Waals surface area contributed by atoms with Gasteiger partial charge in [0.15, 0.2) is 0 Å². The van der Waals surface area contributed by atoms with Crippen LogP contribution in [0.1, 0.15) is 27.2 Å². The molecule has 0 amide bonds. The molecule has 0 aliphatic rings. The normalized spacial score (nSPS) is 11.6. The number of aliphatic hydroxyl groups excluding tert-OH is 1. The van der Waals surface area contributed by atoms with Gasteiger partial charge in [-0.1, -0.05) is 6.92 Å². The first-order valence-corrected chi connectivity index (χ1v) is 6.23. The standard InChI is InChI=1S/C12H22N4O3/c1-5-6-16-9(13)8(10(18)14-11(16)19)15(4)12(2,3)7-17/h17H,5-7,13H2,1-4H3,(H,14,18,19). The average molecular weight is 270 g/mol. The Morgan fingerprint density at radius 1 is 1.42 bits per heavy atom. The number of anilines is 2. The van der Waals surface area contributed by atoms with E-state index in [-0.39, 0.29) is 18.1 Å². The molecule has 0 radical (unpaired) electrons. The molecule has 108 valence electrons. The fourth-order valence-corrected chi connectivity index (χ4v) is 1.76. The van der Waals surface area contributed by atoms with Crippen LogP contribution < -0.4 is 21.9 Å². The Balaban J connectivity index is 3.48. The van der Waals surface area contributed by atoms with Crippen LogP contribution >= 0.6 is 0 Å². The predicted octanol–water partition coefficient (Wildman–Crippen LogP) is -0.264. The third-order valence-electron chi connectivity index (χ3n) is 3.29. The summed E-state index contributed by atoms with van der Waals surface area (Å²) in [4.78, 5) is 27.5. The highest BCUT2D eigenvalue weighted by Crippen LogP contribution is 2.23. The monoisotopic (exact) mass is 270 g/mol. The van der Waals surface area contributed by atoms with E-state index in [1.807, 2.05) is 6.92 Å². The van der Waals surface area contributed by atoms with E-state index in [1.54, 1.807) is 25.8 Å². The molecule has 1 rings (SSSR count). The highest BCUT2D eigenvalue weighted by molar-refractivity contribution is 5.63. The lowest BCUT2D eigenvalue weighted by Gasteiger charge is -2.35. The molecule has 0 unspecified atom stereocenters. The fraction of sp³-hybridized carbons (Fsp3) is 0.667. The van der Waals surface area contributed by atoms with Crippen molar-refractivity contribution in [3.8, 4) is 0 Å². The van der Waals surface area contributed by atoms with Crippen LogP contribution in [0.4, 0.5) is 11.5 Å². The number of nitrogen functional groups attached to an aromatic ring is 1. The van der Waals surface area contributed by atoms with Crippen LogP contribution in [0.5, 0.6) is 0 Å². The van der Waals surface area contributed by atoms with Gasteiger partial charge in [0, 0.05) is 13.6 Å². The molecule has 19 heavy (non-hydrogen) atoms. The second-order valence-electron chi connectivity index (χ2n) is 5.17. The number of likely N-dealkylation sites (N-methyl/N-ethyl adjacent to an activating group) is 1. The first kappa shape index (κ1) is 15.3. The maximum Gasteiger partial charge on any atom is 0.330 e. The zero-order valence-corrected chi connectivity index (χ0v) is 11.9. The molecule has 0 saturated carbocycles.